The Morgan fingerprint density at radius 3 is 2.50 bits per heavy atom. The fraction of sp³-hybridized carbons (Fsp3) is 0.429. The summed E-state index contributed by atoms with van der Waals surface area (Å²) in [6.45, 7) is 7.69. The summed E-state index contributed by atoms with van der Waals surface area (Å²) in [5, 5.41) is 4.87. The number of anilines is 2. The van der Waals surface area contributed by atoms with Gasteiger partial charge in [-0.3, -0.25) is 4.79 Å². The molecule has 3 aliphatic rings. The van der Waals surface area contributed by atoms with Gasteiger partial charge >= 0.3 is 0 Å². The van der Waals surface area contributed by atoms with Crippen molar-refractivity contribution in [3.05, 3.63) is 41.0 Å². The number of pyridine rings is 1. The van der Waals surface area contributed by atoms with Gasteiger partial charge in [-0.25, -0.2) is 15.0 Å². The zero-order chi connectivity index (χ0) is 28.0. The number of methoxy groups -OCH3 is 2. The Hall–Kier alpha value is -3.18. The number of carbonyl (C=O) groups is 1. The summed E-state index contributed by atoms with van der Waals surface area (Å²) in [6, 6.07) is 3.52. The third-order valence-corrected chi connectivity index (χ3v) is 8.50. The van der Waals surface area contributed by atoms with Crippen LogP contribution in [0.15, 0.2) is 31.0 Å². The molecule has 3 aliphatic heterocycles. The van der Waals surface area contributed by atoms with Crippen molar-refractivity contribution in [2.45, 2.75) is 12.5 Å². The van der Waals surface area contributed by atoms with E-state index in [1.807, 2.05) is 6.07 Å². The number of ketones is 1. The van der Waals surface area contributed by atoms with Crippen molar-refractivity contribution >= 4 is 51.5 Å². The second-order valence-corrected chi connectivity index (χ2v) is 11.3. The van der Waals surface area contributed by atoms with Crippen LogP contribution >= 0.6 is 23.2 Å². The summed E-state index contributed by atoms with van der Waals surface area (Å²) < 4.78 is 22.1. The van der Waals surface area contributed by atoms with Crippen LogP contribution in [0.4, 0.5) is 11.6 Å². The maximum absolute atomic E-state index is 12.0. The lowest BCUT2D eigenvalue weighted by atomic mass is 9.78. The second-order valence-electron chi connectivity index (χ2n) is 10.5. The van der Waals surface area contributed by atoms with E-state index in [1.165, 1.54) is 20.3 Å². The van der Waals surface area contributed by atoms with Crippen LogP contribution in [-0.2, 0) is 14.3 Å². The summed E-state index contributed by atoms with van der Waals surface area (Å²) in [4.78, 5) is 28.6. The van der Waals surface area contributed by atoms with Gasteiger partial charge in [0.2, 0.25) is 0 Å². The van der Waals surface area contributed by atoms with Gasteiger partial charge in [0.1, 0.15) is 23.1 Å². The molecule has 40 heavy (non-hydrogen) atoms. The topological polar surface area (TPSA) is 108 Å². The number of hydrogen-bond donors (Lipinski definition) is 1. The molecule has 3 fully saturated rings. The van der Waals surface area contributed by atoms with Crippen molar-refractivity contribution in [2.75, 3.05) is 64.0 Å². The number of aromatic nitrogens is 3. The summed E-state index contributed by atoms with van der Waals surface area (Å²) >= 11 is 13.4. The number of halogens is 2. The molecule has 10 nitrogen and oxygen atoms in total. The van der Waals surface area contributed by atoms with Crippen LogP contribution in [0.2, 0.25) is 10.0 Å². The van der Waals surface area contributed by atoms with Crippen LogP contribution in [0.5, 0.6) is 11.5 Å². The Morgan fingerprint density at radius 2 is 1.88 bits per heavy atom. The zero-order valence-corrected chi connectivity index (χ0v) is 23.7. The first-order chi connectivity index (χ1) is 19.3. The summed E-state index contributed by atoms with van der Waals surface area (Å²) in [6.07, 6.45) is 3.43. The Morgan fingerprint density at radius 1 is 1.15 bits per heavy atom. The van der Waals surface area contributed by atoms with Gasteiger partial charge in [0.25, 0.3) is 0 Å². The predicted molar refractivity (Wildman–Crippen MR) is 153 cm³/mol. The summed E-state index contributed by atoms with van der Waals surface area (Å²) in [7, 11) is 3.05. The van der Waals surface area contributed by atoms with Gasteiger partial charge in [0.05, 0.1) is 79.4 Å². The van der Waals surface area contributed by atoms with Gasteiger partial charge in [-0.2, -0.15) is 0 Å². The molecule has 2 atom stereocenters. The molecule has 6 rings (SSSR count). The SMILES string of the molecule is C=CC(=O)C[C@H]1COC[C@H]1Nc1cc2c(N3CC4(COC4)C3)nc(-c3c(Cl)c(OC)cc(OC)c3Cl)nc2cn1. The van der Waals surface area contributed by atoms with Gasteiger partial charge in [-0.1, -0.05) is 29.8 Å². The number of benzene rings is 1. The monoisotopic (exact) mass is 585 g/mol. The first kappa shape index (κ1) is 27.0. The molecule has 0 bridgehead atoms. The molecule has 3 aromatic rings. The Kier molecular flexibility index (Phi) is 7.20. The molecule has 3 saturated heterocycles. The van der Waals surface area contributed by atoms with Crippen molar-refractivity contribution in [1.82, 2.24) is 15.0 Å². The highest BCUT2D eigenvalue weighted by Gasteiger charge is 2.50. The summed E-state index contributed by atoms with van der Waals surface area (Å²) in [5.41, 5.74) is 1.21. The molecule has 1 aromatic carbocycles. The molecule has 0 saturated carbocycles. The van der Waals surface area contributed by atoms with Crippen LogP contribution in [0, 0.1) is 11.3 Å². The normalized spacial score (nSPS) is 21.1. The second kappa shape index (κ2) is 10.7. The highest BCUT2D eigenvalue weighted by molar-refractivity contribution is 6.41. The molecule has 5 heterocycles. The van der Waals surface area contributed by atoms with E-state index in [4.69, 9.17) is 52.1 Å². The van der Waals surface area contributed by atoms with Crippen molar-refractivity contribution in [3.8, 4) is 22.9 Å². The van der Waals surface area contributed by atoms with Crippen molar-refractivity contribution < 1.29 is 23.7 Å². The fourth-order valence-corrected chi connectivity index (χ4v) is 6.18. The van der Waals surface area contributed by atoms with Crippen molar-refractivity contribution in [3.63, 3.8) is 0 Å². The molecular formula is C28H29Cl2N5O5. The van der Waals surface area contributed by atoms with E-state index >= 15 is 0 Å². The number of ether oxygens (including phenoxy) is 4. The van der Waals surface area contributed by atoms with E-state index in [-0.39, 0.29) is 23.2 Å². The number of fused-ring (bicyclic) bond motifs is 1. The average molecular weight is 586 g/mol. The predicted octanol–water partition coefficient (Wildman–Crippen LogP) is 4.42. The van der Waals surface area contributed by atoms with Crippen LogP contribution in [0.3, 0.4) is 0 Å². The quantitative estimate of drug-likeness (QED) is 0.362. The minimum absolute atomic E-state index is 0.00447. The van der Waals surface area contributed by atoms with Gasteiger partial charge in [-0.05, 0) is 12.1 Å². The molecule has 0 radical (unpaired) electrons. The Bertz CT molecular complexity index is 1460. The maximum Gasteiger partial charge on any atom is 0.165 e. The van der Waals surface area contributed by atoms with Crippen molar-refractivity contribution in [2.24, 2.45) is 11.3 Å². The first-order valence-electron chi connectivity index (χ1n) is 12.9. The van der Waals surface area contributed by atoms with Gasteiger partial charge in [0.15, 0.2) is 11.6 Å². The van der Waals surface area contributed by atoms with E-state index in [1.54, 1.807) is 12.3 Å². The molecule has 1 spiro atoms. The van der Waals surface area contributed by atoms with Crippen molar-refractivity contribution in [1.29, 1.82) is 0 Å². The van der Waals surface area contributed by atoms with Gasteiger partial charge in [-0.15, -0.1) is 0 Å². The molecule has 0 amide bonds. The Balaban J connectivity index is 1.41. The molecule has 0 unspecified atom stereocenters. The van der Waals surface area contributed by atoms with E-state index < -0.39 is 0 Å². The minimum atomic E-state index is -0.0567. The van der Waals surface area contributed by atoms with Crippen LogP contribution < -0.4 is 19.7 Å². The van der Waals surface area contributed by atoms with Crippen LogP contribution in [-0.4, -0.2) is 80.5 Å². The number of rotatable bonds is 9. The average Bonchev–Trinajstić information content (AvgIpc) is 3.33. The summed E-state index contributed by atoms with van der Waals surface area (Å²) in [5.74, 6) is 2.57. The molecule has 2 aromatic heterocycles. The molecule has 12 heteroatoms. The van der Waals surface area contributed by atoms with E-state index in [2.05, 4.69) is 21.8 Å². The number of hydrogen-bond acceptors (Lipinski definition) is 10. The zero-order valence-electron chi connectivity index (χ0n) is 22.2. The largest absolute Gasteiger partial charge is 0.495 e. The maximum atomic E-state index is 12.0. The number of allylic oxidation sites excluding steroid dienone is 1. The van der Waals surface area contributed by atoms with Crippen LogP contribution in [0.25, 0.3) is 22.3 Å². The fourth-order valence-electron chi connectivity index (χ4n) is 5.51. The lowest BCUT2D eigenvalue weighted by Gasteiger charge is -2.55. The smallest absolute Gasteiger partial charge is 0.165 e. The van der Waals surface area contributed by atoms with Gasteiger partial charge in [0, 0.05) is 36.9 Å². The van der Waals surface area contributed by atoms with Crippen LogP contribution in [0.1, 0.15) is 6.42 Å². The lowest BCUT2D eigenvalue weighted by molar-refractivity contribution is -0.127. The standard InChI is InChI=1S/C28H29Cl2N5O5/c1-4-16(36)5-15-9-39-10-19(15)32-22-6-17-18(8-31-22)33-26(34-27(17)35-11-28(12-35)13-40-14-28)23-24(29)20(37-2)7-21(38-3)25(23)30/h4,6-8,15,19H,1,5,9-14H2,2-3H3,(H,31,32)/t15-,19+/m0/s1. The highest BCUT2D eigenvalue weighted by atomic mass is 35.5. The lowest BCUT2D eigenvalue weighted by Crippen LogP contribution is -2.66. The van der Waals surface area contributed by atoms with E-state index in [9.17, 15) is 4.79 Å². The van der Waals surface area contributed by atoms with E-state index in [0.29, 0.717) is 63.9 Å². The third kappa shape index (κ3) is 4.72. The first-order valence-corrected chi connectivity index (χ1v) is 13.7. The highest BCUT2D eigenvalue weighted by Crippen LogP contribution is 2.47. The number of carbonyl (C=O) groups excluding carboxylic acids is 1. The molecular weight excluding hydrogens is 557 g/mol. The third-order valence-electron chi connectivity index (χ3n) is 7.75. The molecule has 210 valence electrons. The number of nitrogens with one attached hydrogen (secondary N) is 1. The van der Waals surface area contributed by atoms with Gasteiger partial charge < -0.3 is 29.2 Å². The van der Waals surface area contributed by atoms with E-state index in [0.717, 1.165) is 37.5 Å². The molecule has 0 aliphatic carbocycles. The Labute approximate surface area is 241 Å². The number of nitrogens with zero attached hydrogens (tertiary/aromatic N) is 4. The molecule has 1 N–H and O–H groups in total. The minimum Gasteiger partial charge on any atom is -0.495 e.